The fraction of sp³-hybridized carbons (Fsp3) is 0.188. The minimum Gasteiger partial charge on any atom is -0.352 e. The number of nitrogens with one attached hydrogen (secondary N) is 1. The van der Waals surface area contributed by atoms with Crippen molar-refractivity contribution in [3.63, 3.8) is 0 Å². The molecule has 0 aromatic heterocycles. The Hall–Kier alpha value is -2.16. The van der Waals surface area contributed by atoms with Crippen molar-refractivity contribution in [1.29, 1.82) is 0 Å². The maximum absolute atomic E-state index is 13.4. The Kier molecular flexibility index (Phi) is 4.29. The number of halogens is 1. The highest BCUT2D eigenvalue weighted by molar-refractivity contribution is 5.94. The highest BCUT2D eigenvalue weighted by Crippen LogP contribution is 2.08. The average Bonchev–Trinajstić information content (AvgIpc) is 2.41. The summed E-state index contributed by atoms with van der Waals surface area (Å²) in [5.41, 5.74) is 2.48. The van der Waals surface area contributed by atoms with Gasteiger partial charge in [-0.05, 0) is 36.6 Å². The van der Waals surface area contributed by atoms with Gasteiger partial charge in [0, 0.05) is 6.54 Å². The summed E-state index contributed by atoms with van der Waals surface area (Å²) in [4.78, 5) is 11.8. The summed E-state index contributed by atoms with van der Waals surface area (Å²) in [6.07, 6.45) is 0.743. The Labute approximate surface area is 112 Å². The van der Waals surface area contributed by atoms with E-state index < -0.39 is 5.82 Å². The van der Waals surface area contributed by atoms with Crippen LogP contribution >= 0.6 is 0 Å². The summed E-state index contributed by atoms with van der Waals surface area (Å²) in [6, 6.07) is 14.0. The van der Waals surface area contributed by atoms with Gasteiger partial charge in [0.15, 0.2) is 0 Å². The van der Waals surface area contributed by atoms with Crippen LogP contribution in [0.2, 0.25) is 0 Å². The van der Waals surface area contributed by atoms with E-state index in [1.807, 2.05) is 31.2 Å². The lowest BCUT2D eigenvalue weighted by molar-refractivity contribution is 0.0950. The molecule has 98 valence electrons. The number of aryl methyl sites for hydroxylation is 1. The SMILES string of the molecule is Cc1ccccc1CCNC(=O)c1ccccc1F. The summed E-state index contributed by atoms with van der Waals surface area (Å²) in [7, 11) is 0. The Morgan fingerprint density at radius 3 is 2.53 bits per heavy atom. The van der Waals surface area contributed by atoms with E-state index in [1.165, 1.54) is 23.3 Å². The topological polar surface area (TPSA) is 29.1 Å². The summed E-state index contributed by atoms with van der Waals surface area (Å²) in [5.74, 6) is -0.859. The van der Waals surface area contributed by atoms with E-state index in [4.69, 9.17) is 0 Å². The standard InChI is InChI=1S/C16H16FNO/c1-12-6-2-3-7-13(12)10-11-18-16(19)14-8-4-5-9-15(14)17/h2-9H,10-11H2,1H3,(H,18,19). The first kappa shape index (κ1) is 13.3. The summed E-state index contributed by atoms with van der Waals surface area (Å²) in [5, 5.41) is 2.74. The third-order valence-electron chi connectivity index (χ3n) is 3.06. The molecule has 0 fully saturated rings. The van der Waals surface area contributed by atoms with Gasteiger partial charge in [0.25, 0.3) is 5.91 Å². The van der Waals surface area contributed by atoms with Gasteiger partial charge >= 0.3 is 0 Å². The Morgan fingerprint density at radius 1 is 1.11 bits per heavy atom. The molecule has 2 nitrogen and oxygen atoms in total. The van der Waals surface area contributed by atoms with Gasteiger partial charge in [-0.15, -0.1) is 0 Å². The Balaban J connectivity index is 1.92. The van der Waals surface area contributed by atoms with Gasteiger partial charge in [-0.25, -0.2) is 4.39 Å². The van der Waals surface area contributed by atoms with Gasteiger partial charge in [-0.3, -0.25) is 4.79 Å². The number of amides is 1. The van der Waals surface area contributed by atoms with Crippen LogP contribution in [0.25, 0.3) is 0 Å². The lowest BCUT2D eigenvalue weighted by Gasteiger charge is -2.08. The normalized spacial score (nSPS) is 10.2. The molecular formula is C16H16FNO. The van der Waals surface area contributed by atoms with E-state index >= 15 is 0 Å². The van der Waals surface area contributed by atoms with E-state index in [1.54, 1.807) is 12.1 Å². The summed E-state index contributed by atoms with van der Waals surface area (Å²) >= 11 is 0. The second kappa shape index (κ2) is 6.14. The zero-order chi connectivity index (χ0) is 13.7. The van der Waals surface area contributed by atoms with E-state index in [2.05, 4.69) is 5.32 Å². The lowest BCUT2D eigenvalue weighted by Crippen LogP contribution is -2.26. The van der Waals surface area contributed by atoms with Crippen LogP contribution in [0, 0.1) is 12.7 Å². The van der Waals surface area contributed by atoms with Crippen molar-refractivity contribution in [1.82, 2.24) is 5.32 Å². The lowest BCUT2D eigenvalue weighted by atomic mass is 10.1. The second-order valence-corrected chi connectivity index (χ2v) is 4.41. The highest BCUT2D eigenvalue weighted by atomic mass is 19.1. The number of carbonyl (C=O) groups is 1. The molecule has 0 aliphatic heterocycles. The van der Waals surface area contributed by atoms with E-state index in [0.29, 0.717) is 6.54 Å². The van der Waals surface area contributed by atoms with Crippen molar-refractivity contribution in [2.45, 2.75) is 13.3 Å². The molecule has 0 saturated carbocycles. The van der Waals surface area contributed by atoms with E-state index in [-0.39, 0.29) is 11.5 Å². The zero-order valence-electron chi connectivity index (χ0n) is 10.8. The van der Waals surface area contributed by atoms with Crippen LogP contribution in [0.4, 0.5) is 4.39 Å². The molecule has 2 rings (SSSR count). The minimum absolute atomic E-state index is 0.0901. The maximum Gasteiger partial charge on any atom is 0.254 e. The smallest absolute Gasteiger partial charge is 0.254 e. The molecule has 0 heterocycles. The predicted octanol–water partition coefficient (Wildman–Crippen LogP) is 3.11. The molecule has 1 amide bonds. The first-order valence-electron chi connectivity index (χ1n) is 6.25. The largest absolute Gasteiger partial charge is 0.352 e. The van der Waals surface area contributed by atoms with Crippen LogP contribution in [-0.2, 0) is 6.42 Å². The first-order valence-corrected chi connectivity index (χ1v) is 6.25. The molecule has 0 aliphatic carbocycles. The fourth-order valence-electron chi connectivity index (χ4n) is 1.94. The maximum atomic E-state index is 13.4. The molecule has 0 saturated heterocycles. The van der Waals surface area contributed by atoms with Crippen LogP contribution in [0.15, 0.2) is 48.5 Å². The monoisotopic (exact) mass is 257 g/mol. The van der Waals surface area contributed by atoms with Crippen molar-refractivity contribution < 1.29 is 9.18 Å². The molecule has 0 bridgehead atoms. The Bertz CT molecular complexity index is 580. The number of carbonyl (C=O) groups excluding carboxylic acids is 1. The van der Waals surface area contributed by atoms with Crippen LogP contribution in [0.5, 0.6) is 0 Å². The van der Waals surface area contributed by atoms with Crippen molar-refractivity contribution >= 4 is 5.91 Å². The van der Waals surface area contributed by atoms with Gasteiger partial charge < -0.3 is 5.32 Å². The van der Waals surface area contributed by atoms with Gasteiger partial charge in [-0.2, -0.15) is 0 Å². The number of benzene rings is 2. The number of rotatable bonds is 4. The Morgan fingerprint density at radius 2 is 1.79 bits per heavy atom. The third-order valence-corrected chi connectivity index (χ3v) is 3.06. The molecule has 0 radical (unpaired) electrons. The molecule has 0 spiro atoms. The van der Waals surface area contributed by atoms with Crippen LogP contribution in [0.3, 0.4) is 0 Å². The van der Waals surface area contributed by atoms with E-state index in [9.17, 15) is 9.18 Å². The fourth-order valence-corrected chi connectivity index (χ4v) is 1.94. The first-order chi connectivity index (χ1) is 9.18. The number of hydrogen-bond donors (Lipinski definition) is 1. The minimum atomic E-state index is -0.490. The van der Waals surface area contributed by atoms with Crippen LogP contribution in [0.1, 0.15) is 21.5 Å². The summed E-state index contributed by atoms with van der Waals surface area (Å²) in [6.45, 7) is 2.53. The van der Waals surface area contributed by atoms with Crippen molar-refractivity contribution in [2.75, 3.05) is 6.54 Å². The second-order valence-electron chi connectivity index (χ2n) is 4.41. The van der Waals surface area contributed by atoms with Crippen molar-refractivity contribution in [2.24, 2.45) is 0 Å². The predicted molar refractivity (Wildman–Crippen MR) is 73.6 cm³/mol. The van der Waals surface area contributed by atoms with Crippen molar-refractivity contribution in [3.8, 4) is 0 Å². The van der Waals surface area contributed by atoms with Crippen molar-refractivity contribution in [3.05, 3.63) is 71.0 Å². The molecule has 3 heteroatoms. The zero-order valence-corrected chi connectivity index (χ0v) is 10.8. The number of hydrogen-bond acceptors (Lipinski definition) is 1. The van der Waals surface area contributed by atoms with E-state index in [0.717, 1.165) is 6.42 Å². The molecule has 0 atom stereocenters. The quantitative estimate of drug-likeness (QED) is 0.896. The molecule has 2 aromatic carbocycles. The van der Waals surface area contributed by atoms with Crippen LogP contribution in [-0.4, -0.2) is 12.5 Å². The average molecular weight is 257 g/mol. The molecule has 2 aromatic rings. The molecule has 0 aliphatic rings. The van der Waals surface area contributed by atoms with Gasteiger partial charge in [-0.1, -0.05) is 36.4 Å². The third kappa shape index (κ3) is 3.41. The highest BCUT2D eigenvalue weighted by Gasteiger charge is 2.09. The summed E-state index contributed by atoms with van der Waals surface area (Å²) < 4.78 is 13.4. The molecule has 19 heavy (non-hydrogen) atoms. The van der Waals surface area contributed by atoms with Gasteiger partial charge in [0.1, 0.15) is 5.82 Å². The molecular weight excluding hydrogens is 241 g/mol. The van der Waals surface area contributed by atoms with Gasteiger partial charge in [0.05, 0.1) is 5.56 Å². The molecule has 1 N–H and O–H groups in total. The molecule has 0 unspecified atom stereocenters. The van der Waals surface area contributed by atoms with Crippen LogP contribution < -0.4 is 5.32 Å². The van der Waals surface area contributed by atoms with Gasteiger partial charge in [0.2, 0.25) is 0 Å².